The highest BCUT2D eigenvalue weighted by molar-refractivity contribution is 6.31. The number of likely N-dealkylation sites (N-methyl/N-ethyl adjacent to an activating group) is 1. The summed E-state index contributed by atoms with van der Waals surface area (Å²) < 4.78 is 2.23. The average Bonchev–Trinajstić information content (AvgIpc) is 3.13. The fourth-order valence-corrected chi connectivity index (χ4v) is 5.74. The van der Waals surface area contributed by atoms with E-state index in [1.54, 1.807) is 0 Å². The summed E-state index contributed by atoms with van der Waals surface area (Å²) in [7, 11) is 1.86. The van der Waals surface area contributed by atoms with Crippen molar-refractivity contribution >= 4 is 34.3 Å². The number of benzene rings is 1. The molecule has 0 aliphatic rings. The van der Waals surface area contributed by atoms with Gasteiger partial charge in [-0.15, -0.1) is 0 Å². The van der Waals surface area contributed by atoms with Crippen LogP contribution in [0.4, 0.5) is 0 Å². The quantitative estimate of drug-likeness (QED) is 0.231. The maximum absolute atomic E-state index is 14.3. The number of carbonyl (C=O) groups excluding carboxylic acids is 2. The summed E-state index contributed by atoms with van der Waals surface area (Å²) >= 11 is 6.47. The molecule has 1 atom stereocenters. The molecule has 0 fully saturated rings. The second-order valence-electron chi connectivity index (χ2n) is 10.3. The fourth-order valence-electron chi connectivity index (χ4n) is 5.57. The van der Waals surface area contributed by atoms with Crippen molar-refractivity contribution in [3.8, 4) is 0 Å². The first-order chi connectivity index (χ1) is 17.2. The van der Waals surface area contributed by atoms with E-state index in [0.717, 1.165) is 60.8 Å². The molecule has 0 saturated heterocycles. The number of fused-ring (bicyclic) bond motifs is 1. The highest BCUT2D eigenvalue weighted by Gasteiger charge is 2.45. The summed E-state index contributed by atoms with van der Waals surface area (Å²) in [6, 6.07) is 5.87. The molecule has 2 rings (SSSR count). The van der Waals surface area contributed by atoms with Gasteiger partial charge in [-0.2, -0.15) is 0 Å². The van der Waals surface area contributed by atoms with E-state index in [-0.39, 0.29) is 11.8 Å². The third-order valence-corrected chi connectivity index (χ3v) is 7.62. The summed E-state index contributed by atoms with van der Waals surface area (Å²) in [6.45, 7) is 11.5. The predicted octanol–water partition coefficient (Wildman–Crippen LogP) is 7.74. The van der Waals surface area contributed by atoms with Crippen LogP contribution in [0.2, 0.25) is 5.02 Å². The molecule has 0 aliphatic carbocycles. The molecule has 0 spiro atoms. The first-order valence-corrected chi connectivity index (χ1v) is 14.4. The zero-order chi connectivity index (χ0) is 26.7. The van der Waals surface area contributed by atoms with Gasteiger partial charge in [0.15, 0.2) is 0 Å². The van der Waals surface area contributed by atoms with Crippen LogP contribution in [0.1, 0.15) is 110 Å². The maximum Gasteiger partial charge on any atom is 0.252 e. The Labute approximate surface area is 223 Å². The van der Waals surface area contributed by atoms with E-state index < -0.39 is 5.54 Å². The number of nitrogens with zero attached hydrogens (tertiary/aromatic N) is 2. The van der Waals surface area contributed by atoms with Gasteiger partial charge in [0.25, 0.3) is 5.91 Å². The van der Waals surface area contributed by atoms with E-state index in [2.05, 4.69) is 37.6 Å². The smallest absolute Gasteiger partial charge is 0.252 e. The number of nitrogens with one attached hydrogen (secondary N) is 1. The summed E-state index contributed by atoms with van der Waals surface area (Å²) in [4.78, 5) is 28.8. The molecule has 2 aromatic rings. The lowest BCUT2D eigenvalue weighted by molar-refractivity contribution is -0.141. The van der Waals surface area contributed by atoms with Crippen LogP contribution in [0.5, 0.6) is 0 Å². The highest BCUT2D eigenvalue weighted by atomic mass is 35.5. The van der Waals surface area contributed by atoms with Crippen LogP contribution in [-0.4, -0.2) is 34.9 Å². The van der Waals surface area contributed by atoms with Crippen LogP contribution in [0.3, 0.4) is 0 Å². The van der Waals surface area contributed by atoms with Crippen LogP contribution >= 0.6 is 11.6 Å². The third kappa shape index (κ3) is 7.27. The van der Waals surface area contributed by atoms with Crippen LogP contribution in [0.25, 0.3) is 10.9 Å². The minimum absolute atomic E-state index is 0.0349. The Morgan fingerprint density at radius 3 is 2.17 bits per heavy atom. The van der Waals surface area contributed by atoms with Crippen molar-refractivity contribution in [1.29, 1.82) is 0 Å². The van der Waals surface area contributed by atoms with Gasteiger partial charge < -0.3 is 14.8 Å². The second kappa shape index (κ2) is 14.7. The molecular formula is C30H48ClN3O2. The van der Waals surface area contributed by atoms with Gasteiger partial charge >= 0.3 is 0 Å². The summed E-state index contributed by atoms with van der Waals surface area (Å²) in [5.74, 6) is -0.224. The molecular weight excluding hydrogens is 470 g/mol. The molecule has 1 N–H and O–H groups in total. The standard InChI is InChI=1S/C30H48ClN3O2/c1-7-10-12-13-14-15-16-17-20-30(32-24(5)35,29(36)33(6)21-11-8-2)28-23(4)34(9-3)27-19-18-25(31)22-26(27)28/h18-19,22H,7-17,20-21H2,1-6H3,(H,32,35). The molecule has 0 bridgehead atoms. The Bertz CT molecular complexity index is 1000. The summed E-state index contributed by atoms with van der Waals surface area (Å²) in [5, 5.41) is 4.77. The number of hydrogen-bond donors (Lipinski definition) is 1. The van der Waals surface area contributed by atoms with Gasteiger partial charge in [-0.05, 0) is 44.9 Å². The van der Waals surface area contributed by atoms with Crippen LogP contribution in [0.15, 0.2) is 18.2 Å². The zero-order valence-electron chi connectivity index (χ0n) is 23.5. The number of aryl methyl sites for hydroxylation is 1. The lowest BCUT2D eigenvalue weighted by atomic mass is 9.81. The average molecular weight is 518 g/mol. The monoisotopic (exact) mass is 517 g/mol. The molecule has 1 aromatic carbocycles. The number of amides is 2. The SMILES string of the molecule is CCCCCCCCCCC(NC(C)=O)(C(=O)N(C)CCCC)c1c(C)n(CC)c2ccc(Cl)cc12. The summed E-state index contributed by atoms with van der Waals surface area (Å²) in [5.41, 5.74) is 1.84. The van der Waals surface area contributed by atoms with Crippen molar-refractivity contribution in [2.24, 2.45) is 0 Å². The van der Waals surface area contributed by atoms with Crippen molar-refractivity contribution in [3.63, 3.8) is 0 Å². The molecule has 1 aromatic heterocycles. The lowest BCUT2D eigenvalue weighted by Crippen LogP contribution is -2.56. The minimum Gasteiger partial charge on any atom is -0.345 e. The minimum atomic E-state index is -1.12. The van der Waals surface area contributed by atoms with Gasteiger partial charge in [0.2, 0.25) is 5.91 Å². The van der Waals surface area contributed by atoms with E-state index in [9.17, 15) is 9.59 Å². The summed E-state index contributed by atoms with van der Waals surface area (Å²) in [6.07, 6.45) is 11.9. The van der Waals surface area contributed by atoms with Crippen molar-refractivity contribution in [2.75, 3.05) is 13.6 Å². The van der Waals surface area contributed by atoms with Gasteiger partial charge in [0.1, 0.15) is 5.54 Å². The number of carbonyl (C=O) groups is 2. The molecule has 0 aliphatic heterocycles. The van der Waals surface area contributed by atoms with Gasteiger partial charge in [-0.25, -0.2) is 0 Å². The second-order valence-corrected chi connectivity index (χ2v) is 10.7. The number of rotatable bonds is 16. The highest BCUT2D eigenvalue weighted by Crippen LogP contribution is 2.40. The number of halogens is 1. The van der Waals surface area contributed by atoms with E-state index in [0.29, 0.717) is 18.0 Å². The van der Waals surface area contributed by atoms with Gasteiger partial charge in [0, 0.05) is 54.2 Å². The van der Waals surface area contributed by atoms with E-state index >= 15 is 0 Å². The molecule has 6 heteroatoms. The molecule has 2 amide bonds. The van der Waals surface area contributed by atoms with Crippen molar-refractivity contribution in [3.05, 3.63) is 34.5 Å². The van der Waals surface area contributed by atoms with Gasteiger partial charge in [0.05, 0.1) is 0 Å². The lowest BCUT2D eigenvalue weighted by Gasteiger charge is -2.37. The van der Waals surface area contributed by atoms with Crippen molar-refractivity contribution in [1.82, 2.24) is 14.8 Å². The van der Waals surface area contributed by atoms with E-state index in [4.69, 9.17) is 11.6 Å². The van der Waals surface area contributed by atoms with Crippen molar-refractivity contribution in [2.45, 2.75) is 117 Å². The first-order valence-electron chi connectivity index (χ1n) is 14.1. The number of hydrogen-bond acceptors (Lipinski definition) is 2. The Morgan fingerprint density at radius 2 is 1.58 bits per heavy atom. The molecule has 1 heterocycles. The Hall–Kier alpha value is -2.01. The Kier molecular flexibility index (Phi) is 12.3. The third-order valence-electron chi connectivity index (χ3n) is 7.38. The van der Waals surface area contributed by atoms with Crippen LogP contribution < -0.4 is 5.32 Å². The predicted molar refractivity (Wildman–Crippen MR) is 153 cm³/mol. The maximum atomic E-state index is 14.3. The fraction of sp³-hybridized carbons (Fsp3) is 0.667. The molecule has 202 valence electrons. The van der Waals surface area contributed by atoms with Crippen molar-refractivity contribution < 1.29 is 9.59 Å². The largest absolute Gasteiger partial charge is 0.345 e. The molecule has 0 radical (unpaired) electrons. The van der Waals surface area contributed by atoms with Gasteiger partial charge in [-0.3, -0.25) is 9.59 Å². The normalized spacial score (nSPS) is 13.1. The van der Waals surface area contributed by atoms with E-state index in [1.807, 2.05) is 30.1 Å². The van der Waals surface area contributed by atoms with Gasteiger partial charge in [-0.1, -0.05) is 83.2 Å². The number of unbranched alkanes of at least 4 members (excludes halogenated alkanes) is 8. The topological polar surface area (TPSA) is 54.3 Å². The Morgan fingerprint density at radius 1 is 0.972 bits per heavy atom. The van der Waals surface area contributed by atoms with Crippen LogP contribution in [-0.2, 0) is 21.7 Å². The molecule has 0 saturated carbocycles. The van der Waals surface area contributed by atoms with E-state index in [1.165, 1.54) is 39.0 Å². The molecule has 1 unspecified atom stereocenters. The Balaban J connectivity index is 2.54. The molecule has 36 heavy (non-hydrogen) atoms. The number of aromatic nitrogens is 1. The van der Waals surface area contributed by atoms with Crippen LogP contribution in [0, 0.1) is 6.92 Å². The first kappa shape index (κ1) is 30.2. The molecule has 5 nitrogen and oxygen atoms in total. The zero-order valence-corrected chi connectivity index (χ0v) is 24.3.